The predicted molar refractivity (Wildman–Crippen MR) is 46.6 cm³/mol. The molecule has 0 aromatic rings. The van der Waals surface area contributed by atoms with E-state index in [0.717, 1.165) is 6.54 Å². The van der Waals surface area contributed by atoms with E-state index in [1.54, 1.807) is 0 Å². The van der Waals surface area contributed by atoms with Crippen LogP contribution < -0.4 is 0 Å². The van der Waals surface area contributed by atoms with Crippen LogP contribution in [0.4, 0.5) is 0 Å². The third-order valence-electron chi connectivity index (χ3n) is 0.935. The summed E-state index contributed by atoms with van der Waals surface area (Å²) in [4.78, 5) is 4.27. The van der Waals surface area contributed by atoms with Crippen LogP contribution in [0.5, 0.6) is 0 Å². The lowest BCUT2D eigenvalue weighted by Crippen LogP contribution is -1.88. The van der Waals surface area contributed by atoms with Crippen molar-refractivity contribution >= 4 is 17.5 Å². The molecule has 0 bridgehead atoms. The summed E-state index contributed by atoms with van der Waals surface area (Å²) in [6, 6.07) is 0. The monoisotopic (exact) mass is 145 g/mol. The maximum Gasteiger partial charge on any atom is 0.0396 e. The van der Waals surface area contributed by atoms with Gasteiger partial charge in [0.05, 0.1) is 0 Å². The summed E-state index contributed by atoms with van der Waals surface area (Å²) in [6.45, 7) is 5.08. The Bertz CT molecular complexity index is 84.9. The molecule has 0 aliphatic carbocycles. The van der Waals surface area contributed by atoms with Gasteiger partial charge in [-0.05, 0) is 32.3 Å². The van der Waals surface area contributed by atoms with Crippen molar-refractivity contribution in [3.63, 3.8) is 0 Å². The van der Waals surface area contributed by atoms with Crippen molar-refractivity contribution in [2.24, 2.45) is 4.99 Å². The largest absolute Gasteiger partial charge is 0.295 e. The van der Waals surface area contributed by atoms with Crippen LogP contribution in [-0.2, 0) is 0 Å². The van der Waals surface area contributed by atoms with Crippen LogP contribution in [-0.4, -0.2) is 24.3 Å². The van der Waals surface area contributed by atoms with Crippen molar-refractivity contribution in [2.75, 3.05) is 18.6 Å². The van der Waals surface area contributed by atoms with Gasteiger partial charge in [0.1, 0.15) is 0 Å². The first-order chi connectivity index (χ1) is 4.27. The van der Waals surface area contributed by atoms with Crippen molar-refractivity contribution in [1.29, 1.82) is 0 Å². The third-order valence-corrected chi connectivity index (χ3v) is 1.63. The molecule has 0 atom stereocenters. The Morgan fingerprint density at radius 3 is 2.56 bits per heavy atom. The number of rotatable bonds is 4. The van der Waals surface area contributed by atoms with Gasteiger partial charge in [0.15, 0.2) is 0 Å². The van der Waals surface area contributed by atoms with E-state index in [2.05, 4.69) is 11.2 Å². The SMILES string of the molecule is CSCCCN=C(C)C. The zero-order valence-electron chi connectivity index (χ0n) is 6.48. The number of hydrogen-bond donors (Lipinski definition) is 0. The summed E-state index contributed by atoms with van der Waals surface area (Å²) in [5, 5.41) is 0. The first-order valence-electron chi connectivity index (χ1n) is 3.24. The maximum absolute atomic E-state index is 4.27. The van der Waals surface area contributed by atoms with E-state index in [-0.39, 0.29) is 0 Å². The summed E-state index contributed by atoms with van der Waals surface area (Å²) >= 11 is 1.88. The van der Waals surface area contributed by atoms with Gasteiger partial charge >= 0.3 is 0 Å². The molecule has 0 aliphatic heterocycles. The zero-order chi connectivity index (χ0) is 7.11. The van der Waals surface area contributed by atoms with Gasteiger partial charge in [0, 0.05) is 12.3 Å². The predicted octanol–water partition coefficient (Wildman–Crippen LogP) is 2.22. The van der Waals surface area contributed by atoms with Gasteiger partial charge in [-0.25, -0.2) is 0 Å². The van der Waals surface area contributed by atoms with Crippen LogP contribution in [0.3, 0.4) is 0 Å². The van der Waals surface area contributed by atoms with Crippen LogP contribution >= 0.6 is 11.8 Å². The Morgan fingerprint density at radius 1 is 1.44 bits per heavy atom. The van der Waals surface area contributed by atoms with Crippen LogP contribution in [0.2, 0.25) is 0 Å². The maximum atomic E-state index is 4.27. The number of aliphatic imine (C=N–C) groups is 1. The third kappa shape index (κ3) is 8.02. The fourth-order valence-electron chi connectivity index (χ4n) is 0.512. The van der Waals surface area contributed by atoms with Crippen LogP contribution in [0.1, 0.15) is 20.3 Å². The van der Waals surface area contributed by atoms with Crippen molar-refractivity contribution in [2.45, 2.75) is 20.3 Å². The minimum absolute atomic E-state index is 1.00. The molecule has 54 valence electrons. The Hall–Kier alpha value is 0.0200. The molecule has 0 radical (unpaired) electrons. The number of nitrogens with zero attached hydrogens (tertiary/aromatic N) is 1. The summed E-state index contributed by atoms with van der Waals surface area (Å²) < 4.78 is 0. The van der Waals surface area contributed by atoms with Gasteiger partial charge < -0.3 is 0 Å². The van der Waals surface area contributed by atoms with E-state index in [9.17, 15) is 0 Å². The minimum Gasteiger partial charge on any atom is -0.295 e. The molecule has 0 spiro atoms. The summed E-state index contributed by atoms with van der Waals surface area (Å²) in [7, 11) is 0. The molecule has 2 heteroatoms. The average Bonchev–Trinajstić information content (AvgIpc) is 1.80. The minimum atomic E-state index is 1.00. The number of hydrogen-bond acceptors (Lipinski definition) is 2. The van der Waals surface area contributed by atoms with E-state index in [0.29, 0.717) is 0 Å². The normalized spacial score (nSPS) is 9.22. The van der Waals surface area contributed by atoms with Gasteiger partial charge in [0.2, 0.25) is 0 Å². The zero-order valence-corrected chi connectivity index (χ0v) is 7.29. The van der Waals surface area contributed by atoms with Crippen LogP contribution in [0.15, 0.2) is 4.99 Å². The highest BCUT2D eigenvalue weighted by Gasteiger charge is 1.82. The van der Waals surface area contributed by atoms with Crippen LogP contribution in [0, 0.1) is 0 Å². The van der Waals surface area contributed by atoms with Gasteiger partial charge in [-0.15, -0.1) is 0 Å². The highest BCUT2D eigenvalue weighted by Crippen LogP contribution is 1.94. The standard InChI is InChI=1S/C7H15NS/c1-7(2)8-5-4-6-9-3/h4-6H2,1-3H3. The second-order valence-corrected chi connectivity index (χ2v) is 3.16. The quantitative estimate of drug-likeness (QED) is 0.436. The second kappa shape index (κ2) is 6.14. The number of thioether (sulfide) groups is 1. The smallest absolute Gasteiger partial charge is 0.0396 e. The average molecular weight is 145 g/mol. The van der Waals surface area contributed by atoms with Gasteiger partial charge in [-0.3, -0.25) is 4.99 Å². The Labute approximate surface area is 61.9 Å². The van der Waals surface area contributed by atoms with E-state index < -0.39 is 0 Å². The molecule has 1 nitrogen and oxygen atoms in total. The summed E-state index contributed by atoms with van der Waals surface area (Å²) in [5.41, 5.74) is 1.19. The summed E-state index contributed by atoms with van der Waals surface area (Å²) in [5.74, 6) is 1.23. The Balaban J connectivity index is 3.00. The molecular weight excluding hydrogens is 130 g/mol. The van der Waals surface area contributed by atoms with Crippen molar-refractivity contribution in [3.8, 4) is 0 Å². The molecule has 0 heterocycles. The van der Waals surface area contributed by atoms with E-state index in [1.807, 2.05) is 25.6 Å². The molecule has 0 aromatic carbocycles. The highest BCUT2D eigenvalue weighted by molar-refractivity contribution is 7.98. The summed E-state index contributed by atoms with van der Waals surface area (Å²) in [6.07, 6.45) is 3.34. The lowest BCUT2D eigenvalue weighted by Gasteiger charge is -1.92. The fourth-order valence-corrected chi connectivity index (χ4v) is 0.929. The second-order valence-electron chi connectivity index (χ2n) is 2.18. The topological polar surface area (TPSA) is 12.4 Å². The molecule has 0 fully saturated rings. The Morgan fingerprint density at radius 2 is 2.11 bits per heavy atom. The lowest BCUT2D eigenvalue weighted by atomic mass is 10.4. The van der Waals surface area contributed by atoms with Crippen molar-refractivity contribution in [3.05, 3.63) is 0 Å². The molecular formula is C7H15NS. The fraction of sp³-hybridized carbons (Fsp3) is 0.857. The molecule has 0 saturated heterocycles. The van der Waals surface area contributed by atoms with E-state index in [4.69, 9.17) is 0 Å². The Kier molecular flexibility index (Phi) is 6.16. The highest BCUT2D eigenvalue weighted by atomic mass is 32.2. The molecule has 9 heavy (non-hydrogen) atoms. The molecule has 0 saturated carbocycles. The first-order valence-corrected chi connectivity index (χ1v) is 4.63. The van der Waals surface area contributed by atoms with Gasteiger partial charge in [-0.1, -0.05) is 0 Å². The van der Waals surface area contributed by atoms with Gasteiger partial charge in [0.25, 0.3) is 0 Å². The molecule has 0 unspecified atom stereocenters. The molecule has 0 rings (SSSR count). The van der Waals surface area contributed by atoms with Crippen LogP contribution in [0.25, 0.3) is 0 Å². The molecule has 0 aromatic heterocycles. The van der Waals surface area contributed by atoms with Gasteiger partial charge in [-0.2, -0.15) is 11.8 Å². The lowest BCUT2D eigenvalue weighted by molar-refractivity contribution is 0.942. The first kappa shape index (κ1) is 9.02. The molecule has 0 aliphatic rings. The van der Waals surface area contributed by atoms with E-state index in [1.165, 1.54) is 17.9 Å². The van der Waals surface area contributed by atoms with E-state index >= 15 is 0 Å². The molecule has 0 N–H and O–H groups in total. The van der Waals surface area contributed by atoms with Crippen molar-refractivity contribution < 1.29 is 0 Å². The van der Waals surface area contributed by atoms with Crippen molar-refractivity contribution in [1.82, 2.24) is 0 Å². The molecule has 0 amide bonds.